The van der Waals surface area contributed by atoms with Crippen molar-refractivity contribution in [2.45, 2.75) is 31.3 Å². The number of nitrogens with zero attached hydrogens (tertiary/aromatic N) is 1. The van der Waals surface area contributed by atoms with E-state index >= 15 is 0 Å². The Morgan fingerprint density at radius 1 is 1.32 bits per heavy atom. The third-order valence-electron chi connectivity index (χ3n) is 4.12. The van der Waals surface area contributed by atoms with Crippen molar-refractivity contribution >= 4 is 11.9 Å². The average Bonchev–Trinajstić information content (AvgIpc) is 2.96. The van der Waals surface area contributed by atoms with E-state index in [9.17, 15) is 14.4 Å². The Bertz CT molecular complexity index is 574. The molecule has 1 aromatic heterocycles. The molecule has 6 heteroatoms. The summed E-state index contributed by atoms with van der Waals surface area (Å²) < 4.78 is 0. The summed E-state index contributed by atoms with van der Waals surface area (Å²) in [7, 11) is 0. The lowest BCUT2D eigenvalue weighted by atomic mass is 9.89. The van der Waals surface area contributed by atoms with Crippen molar-refractivity contribution in [1.29, 1.82) is 0 Å². The minimum atomic E-state index is -0.827. The molecule has 1 amide bonds. The molecule has 2 aliphatic heterocycles. The minimum Gasteiger partial charge on any atom is -0.481 e. The van der Waals surface area contributed by atoms with Gasteiger partial charge in [0.1, 0.15) is 0 Å². The van der Waals surface area contributed by atoms with Crippen LogP contribution in [0.2, 0.25) is 0 Å². The molecule has 1 aromatic rings. The van der Waals surface area contributed by atoms with Crippen LogP contribution in [-0.2, 0) is 4.79 Å². The number of nitrogens with one attached hydrogen (secondary N) is 1. The number of amides is 1. The lowest BCUT2D eigenvalue weighted by molar-refractivity contribution is -0.142. The van der Waals surface area contributed by atoms with Crippen LogP contribution in [0.15, 0.2) is 23.1 Å². The molecule has 100 valence electrons. The van der Waals surface area contributed by atoms with Crippen LogP contribution in [0.25, 0.3) is 0 Å². The highest BCUT2D eigenvalue weighted by atomic mass is 16.4. The minimum absolute atomic E-state index is 0.0190. The number of fused-ring (bicyclic) bond motifs is 2. The van der Waals surface area contributed by atoms with E-state index in [1.165, 1.54) is 18.3 Å². The highest BCUT2D eigenvalue weighted by Gasteiger charge is 2.51. The smallest absolute Gasteiger partial charge is 0.308 e. The van der Waals surface area contributed by atoms with Crippen molar-refractivity contribution in [3.8, 4) is 0 Å². The van der Waals surface area contributed by atoms with Gasteiger partial charge in [-0.15, -0.1) is 0 Å². The number of carboxylic acid groups (broad SMARTS) is 1. The quantitative estimate of drug-likeness (QED) is 0.809. The van der Waals surface area contributed by atoms with Crippen molar-refractivity contribution in [2.75, 3.05) is 0 Å². The molecule has 3 heterocycles. The first-order chi connectivity index (χ1) is 9.08. The van der Waals surface area contributed by atoms with Gasteiger partial charge >= 0.3 is 5.97 Å². The Hall–Kier alpha value is -2.11. The second kappa shape index (κ2) is 4.22. The Labute approximate surface area is 109 Å². The van der Waals surface area contributed by atoms with Gasteiger partial charge in [-0.05, 0) is 25.3 Å². The van der Waals surface area contributed by atoms with Crippen LogP contribution >= 0.6 is 0 Å². The third kappa shape index (κ3) is 1.83. The zero-order chi connectivity index (χ0) is 13.6. The molecule has 3 atom stereocenters. The van der Waals surface area contributed by atoms with Crippen LogP contribution < -0.4 is 5.56 Å². The predicted octanol–water partition coefficient (Wildman–Crippen LogP) is 0.453. The number of pyridine rings is 1. The Morgan fingerprint density at radius 3 is 2.68 bits per heavy atom. The molecule has 0 saturated carbocycles. The lowest BCUT2D eigenvalue weighted by Crippen LogP contribution is -2.38. The molecule has 2 bridgehead atoms. The molecule has 3 rings (SSSR count). The number of carbonyl (C=O) groups excluding carboxylic acids is 1. The van der Waals surface area contributed by atoms with E-state index < -0.39 is 11.9 Å². The lowest BCUT2D eigenvalue weighted by Gasteiger charge is -2.23. The van der Waals surface area contributed by atoms with Crippen molar-refractivity contribution < 1.29 is 14.7 Å². The van der Waals surface area contributed by atoms with Gasteiger partial charge in [0.2, 0.25) is 5.56 Å². The number of hydrogen-bond donors (Lipinski definition) is 2. The van der Waals surface area contributed by atoms with Crippen LogP contribution in [0.4, 0.5) is 0 Å². The van der Waals surface area contributed by atoms with E-state index in [0.29, 0.717) is 12.0 Å². The Balaban J connectivity index is 1.87. The second-order valence-electron chi connectivity index (χ2n) is 5.13. The molecule has 2 saturated heterocycles. The number of hydrogen-bond acceptors (Lipinski definition) is 3. The monoisotopic (exact) mass is 262 g/mol. The molecule has 2 N–H and O–H groups in total. The molecule has 3 unspecified atom stereocenters. The molecule has 6 nitrogen and oxygen atoms in total. The zero-order valence-electron chi connectivity index (χ0n) is 10.2. The van der Waals surface area contributed by atoms with Crippen LogP contribution in [0.3, 0.4) is 0 Å². The van der Waals surface area contributed by atoms with Gasteiger partial charge in [-0.25, -0.2) is 0 Å². The molecule has 2 fully saturated rings. The normalized spacial score (nSPS) is 28.6. The molecular weight excluding hydrogens is 248 g/mol. The highest BCUT2D eigenvalue weighted by molar-refractivity contribution is 5.95. The summed E-state index contributed by atoms with van der Waals surface area (Å²) in [5.41, 5.74) is 0.145. The molecule has 2 aliphatic rings. The standard InChI is InChI=1S/C13H14N2O4/c16-11-4-1-7(6-14-11)12(17)15-8-2-3-10(15)9(5-8)13(18)19/h1,4,6,8-10H,2-3,5H2,(H,14,16)(H,18,19). The first-order valence-corrected chi connectivity index (χ1v) is 6.32. The maximum atomic E-state index is 12.4. The van der Waals surface area contributed by atoms with E-state index in [4.69, 9.17) is 5.11 Å². The van der Waals surface area contributed by atoms with E-state index in [1.807, 2.05) is 0 Å². The molecule has 19 heavy (non-hydrogen) atoms. The van der Waals surface area contributed by atoms with Crippen LogP contribution in [-0.4, -0.2) is 39.0 Å². The molecule has 0 aromatic carbocycles. The van der Waals surface area contributed by atoms with Gasteiger partial charge in [0.05, 0.1) is 11.5 Å². The molecule has 0 aliphatic carbocycles. The fourth-order valence-electron chi connectivity index (χ4n) is 3.26. The molecule has 0 spiro atoms. The number of carbonyl (C=O) groups is 2. The van der Waals surface area contributed by atoms with E-state index in [0.717, 1.165) is 12.8 Å². The first-order valence-electron chi connectivity index (χ1n) is 6.32. The van der Waals surface area contributed by atoms with Crippen LogP contribution in [0, 0.1) is 5.92 Å². The van der Waals surface area contributed by atoms with Gasteiger partial charge < -0.3 is 15.0 Å². The van der Waals surface area contributed by atoms with E-state index in [-0.39, 0.29) is 23.6 Å². The summed E-state index contributed by atoms with van der Waals surface area (Å²) in [5, 5.41) is 9.16. The van der Waals surface area contributed by atoms with Crippen molar-refractivity contribution in [2.24, 2.45) is 5.92 Å². The Kier molecular flexibility index (Phi) is 2.66. The van der Waals surface area contributed by atoms with Crippen molar-refractivity contribution in [3.05, 3.63) is 34.2 Å². The van der Waals surface area contributed by atoms with Crippen molar-refractivity contribution in [3.63, 3.8) is 0 Å². The molecule has 0 radical (unpaired) electrons. The van der Waals surface area contributed by atoms with Gasteiger partial charge in [-0.1, -0.05) is 0 Å². The van der Waals surface area contributed by atoms with Gasteiger partial charge in [0.25, 0.3) is 5.91 Å². The van der Waals surface area contributed by atoms with E-state index in [1.54, 1.807) is 4.90 Å². The fraction of sp³-hybridized carbons (Fsp3) is 0.462. The SMILES string of the molecule is O=C(O)C1CC2CCC1N2C(=O)c1ccc(=O)[nH]c1. The number of aliphatic carboxylic acids is 1. The summed E-state index contributed by atoms with van der Waals surface area (Å²) in [6, 6.07) is 2.60. The number of H-pyrrole nitrogens is 1. The van der Waals surface area contributed by atoms with Crippen LogP contribution in [0.5, 0.6) is 0 Å². The zero-order valence-corrected chi connectivity index (χ0v) is 10.2. The highest BCUT2D eigenvalue weighted by Crippen LogP contribution is 2.42. The maximum absolute atomic E-state index is 12.4. The van der Waals surface area contributed by atoms with Crippen molar-refractivity contribution in [1.82, 2.24) is 9.88 Å². The maximum Gasteiger partial charge on any atom is 0.308 e. The summed E-state index contributed by atoms with van der Waals surface area (Å²) in [4.78, 5) is 38.7. The average molecular weight is 262 g/mol. The summed E-state index contributed by atoms with van der Waals surface area (Å²) >= 11 is 0. The second-order valence-corrected chi connectivity index (χ2v) is 5.13. The first kappa shape index (κ1) is 12.0. The largest absolute Gasteiger partial charge is 0.481 e. The van der Waals surface area contributed by atoms with Crippen LogP contribution in [0.1, 0.15) is 29.6 Å². The fourth-order valence-corrected chi connectivity index (χ4v) is 3.26. The number of carboxylic acids is 1. The topological polar surface area (TPSA) is 90.5 Å². The predicted molar refractivity (Wildman–Crippen MR) is 65.8 cm³/mol. The van der Waals surface area contributed by atoms with Gasteiger partial charge in [-0.3, -0.25) is 14.4 Å². The van der Waals surface area contributed by atoms with Gasteiger partial charge in [0.15, 0.2) is 0 Å². The summed E-state index contributed by atoms with van der Waals surface area (Å²) in [6.45, 7) is 0. The third-order valence-corrected chi connectivity index (χ3v) is 4.12. The number of rotatable bonds is 2. The number of aromatic nitrogens is 1. The summed E-state index contributed by atoms with van der Waals surface area (Å²) in [6.07, 6.45) is 3.54. The molecular formula is C13H14N2O4. The van der Waals surface area contributed by atoms with E-state index in [2.05, 4.69) is 4.98 Å². The van der Waals surface area contributed by atoms with Gasteiger partial charge in [-0.2, -0.15) is 0 Å². The number of aromatic amines is 1. The van der Waals surface area contributed by atoms with Gasteiger partial charge in [0, 0.05) is 24.3 Å². The Morgan fingerprint density at radius 2 is 2.11 bits per heavy atom. The summed E-state index contributed by atoms with van der Waals surface area (Å²) in [5.74, 6) is -1.47.